The molecule has 13 heteroatoms. The highest BCUT2D eigenvalue weighted by atomic mass is 19.1. The summed E-state index contributed by atoms with van der Waals surface area (Å²) in [5.41, 5.74) is 0.949. The molecule has 0 bridgehead atoms. The lowest BCUT2D eigenvalue weighted by molar-refractivity contribution is 0.0615. The Hall–Kier alpha value is -3.32. The molecule has 11 nitrogen and oxygen atoms in total. The van der Waals surface area contributed by atoms with Crippen LogP contribution in [0.4, 0.5) is 25.3 Å². The van der Waals surface area contributed by atoms with E-state index < -0.39 is 30.3 Å². The van der Waals surface area contributed by atoms with Crippen molar-refractivity contribution in [2.45, 2.75) is 44.9 Å². The summed E-state index contributed by atoms with van der Waals surface area (Å²) in [7, 11) is 1.51. The number of aromatic amines is 1. The fourth-order valence-electron chi connectivity index (χ4n) is 3.31. The third-order valence-electron chi connectivity index (χ3n) is 4.68. The molecule has 0 radical (unpaired) electrons. The topological polar surface area (TPSA) is 128 Å². The number of fused-ring (bicyclic) bond motifs is 1. The second-order valence-electron chi connectivity index (χ2n) is 7.56. The summed E-state index contributed by atoms with van der Waals surface area (Å²) >= 11 is 0. The second-order valence-corrected chi connectivity index (χ2v) is 7.56. The van der Waals surface area contributed by atoms with Crippen LogP contribution in [0.2, 0.25) is 0 Å². The third-order valence-corrected chi connectivity index (χ3v) is 4.68. The standard InChI is InChI=1S/C19H23F2N7O4/c1-9(2)23-19(29)32-13-8-31-16(15(13)21)12-4-14(27-26-12)25-18-22-5-11(20)17-24-10(7-30-3)6-28(17)18/h4-6,9,13,15-16H,7-8H2,1-3H3,(H,23,29)(H2,22,25,26,27)/t13-,15-,16-/m0/s1. The number of rotatable bonds is 7. The van der Waals surface area contributed by atoms with E-state index in [1.807, 2.05) is 0 Å². The van der Waals surface area contributed by atoms with Crippen LogP contribution in [-0.4, -0.2) is 62.7 Å². The van der Waals surface area contributed by atoms with Crippen LogP contribution in [0.3, 0.4) is 0 Å². The number of anilines is 2. The second kappa shape index (κ2) is 9.04. The first-order chi connectivity index (χ1) is 15.4. The highest BCUT2D eigenvalue weighted by Crippen LogP contribution is 2.33. The molecule has 1 aliphatic heterocycles. The van der Waals surface area contributed by atoms with Gasteiger partial charge in [0.15, 0.2) is 29.6 Å². The zero-order chi connectivity index (χ0) is 22.8. The van der Waals surface area contributed by atoms with Gasteiger partial charge in [0.2, 0.25) is 5.95 Å². The predicted molar refractivity (Wildman–Crippen MR) is 108 cm³/mol. The number of hydrogen-bond acceptors (Lipinski definition) is 8. The van der Waals surface area contributed by atoms with E-state index in [-0.39, 0.29) is 30.9 Å². The van der Waals surface area contributed by atoms with Gasteiger partial charge in [-0.15, -0.1) is 0 Å². The number of hydrogen-bond donors (Lipinski definition) is 3. The molecule has 4 heterocycles. The Morgan fingerprint density at radius 3 is 3.03 bits per heavy atom. The van der Waals surface area contributed by atoms with Crippen molar-refractivity contribution in [3.05, 3.63) is 35.7 Å². The zero-order valence-corrected chi connectivity index (χ0v) is 17.6. The van der Waals surface area contributed by atoms with Crippen molar-refractivity contribution in [2.24, 2.45) is 0 Å². The molecule has 1 saturated heterocycles. The average Bonchev–Trinajstić information content (AvgIpc) is 3.44. The highest BCUT2D eigenvalue weighted by molar-refractivity contribution is 5.67. The van der Waals surface area contributed by atoms with Crippen molar-refractivity contribution in [3.63, 3.8) is 0 Å². The Morgan fingerprint density at radius 2 is 2.28 bits per heavy atom. The van der Waals surface area contributed by atoms with Crippen LogP contribution in [0, 0.1) is 5.82 Å². The van der Waals surface area contributed by atoms with Crippen molar-refractivity contribution in [1.82, 2.24) is 29.9 Å². The first kappa shape index (κ1) is 21.9. The number of aromatic nitrogens is 5. The Balaban J connectivity index is 1.47. The van der Waals surface area contributed by atoms with Crippen molar-refractivity contribution in [1.29, 1.82) is 0 Å². The van der Waals surface area contributed by atoms with Crippen molar-refractivity contribution in [2.75, 3.05) is 19.0 Å². The zero-order valence-electron chi connectivity index (χ0n) is 17.6. The first-order valence-electron chi connectivity index (χ1n) is 9.92. The number of nitrogens with zero attached hydrogens (tertiary/aromatic N) is 4. The van der Waals surface area contributed by atoms with Gasteiger partial charge in [-0.2, -0.15) is 5.10 Å². The Labute approximate surface area is 181 Å². The molecule has 0 spiro atoms. The van der Waals surface area contributed by atoms with E-state index in [2.05, 4.69) is 30.8 Å². The van der Waals surface area contributed by atoms with Crippen LogP contribution in [0.5, 0.6) is 0 Å². The monoisotopic (exact) mass is 451 g/mol. The Kier molecular flexibility index (Phi) is 6.19. The minimum Gasteiger partial charge on any atom is -0.441 e. The van der Waals surface area contributed by atoms with Crippen molar-refractivity contribution < 1.29 is 27.8 Å². The van der Waals surface area contributed by atoms with Crippen LogP contribution in [-0.2, 0) is 20.8 Å². The fourth-order valence-corrected chi connectivity index (χ4v) is 3.31. The number of alkyl carbamates (subject to hydrolysis) is 1. The number of nitrogens with one attached hydrogen (secondary N) is 3. The van der Waals surface area contributed by atoms with Crippen molar-refractivity contribution >= 4 is 23.5 Å². The van der Waals surface area contributed by atoms with Crippen LogP contribution < -0.4 is 10.6 Å². The first-order valence-corrected chi connectivity index (χ1v) is 9.92. The van der Waals surface area contributed by atoms with Crippen molar-refractivity contribution in [3.8, 4) is 0 Å². The van der Waals surface area contributed by atoms with Gasteiger partial charge >= 0.3 is 6.09 Å². The molecule has 4 rings (SSSR count). The SMILES string of the molecule is COCc1cn2c(Nc3cc([C@@H]4OC[C@H](OC(=O)NC(C)C)[C@@H]4F)[nH]n3)ncc(F)c2n1. The Morgan fingerprint density at radius 1 is 1.47 bits per heavy atom. The van der Waals surface area contributed by atoms with Gasteiger partial charge in [0.1, 0.15) is 6.10 Å². The lowest BCUT2D eigenvalue weighted by atomic mass is 10.1. The number of ether oxygens (including phenoxy) is 3. The van der Waals surface area contributed by atoms with Gasteiger partial charge in [-0.3, -0.25) is 9.50 Å². The van der Waals surface area contributed by atoms with Gasteiger partial charge in [-0.25, -0.2) is 23.5 Å². The van der Waals surface area contributed by atoms with Gasteiger partial charge in [0, 0.05) is 25.4 Å². The van der Waals surface area contributed by atoms with Gasteiger partial charge < -0.3 is 24.8 Å². The van der Waals surface area contributed by atoms with E-state index in [0.717, 1.165) is 6.20 Å². The number of methoxy groups -OCH3 is 1. The molecule has 1 aliphatic rings. The molecule has 1 amide bonds. The van der Waals surface area contributed by atoms with Gasteiger partial charge in [-0.1, -0.05) is 0 Å². The molecule has 3 aromatic heterocycles. The van der Waals surface area contributed by atoms with E-state index in [9.17, 15) is 13.6 Å². The number of amides is 1. The summed E-state index contributed by atoms with van der Waals surface area (Å²) in [5, 5.41) is 12.3. The molecule has 0 unspecified atom stereocenters. The molecular formula is C19H23F2N7O4. The molecule has 32 heavy (non-hydrogen) atoms. The average molecular weight is 451 g/mol. The maximum Gasteiger partial charge on any atom is 0.407 e. The summed E-state index contributed by atoms with van der Waals surface area (Å²) in [5.74, 6) is -0.0297. The largest absolute Gasteiger partial charge is 0.441 e. The highest BCUT2D eigenvalue weighted by Gasteiger charge is 2.42. The smallest absolute Gasteiger partial charge is 0.407 e. The van der Waals surface area contributed by atoms with E-state index in [0.29, 0.717) is 17.2 Å². The van der Waals surface area contributed by atoms with Crippen LogP contribution in [0.25, 0.3) is 5.65 Å². The van der Waals surface area contributed by atoms with Gasteiger partial charge in [0.25, 0.3) is 0 Å². The summed E-state index contributed by atoms with van der Waals surface area (Å²) in [6, 6.07) is 1.41. The fraction of sp³-hybridized carbons (Fsp3) is 0.474. The number of halogens is 2. The summed E-state index contributed by atoms with van der Waals surface area (Å²) in [6.45, 7) is 3.67. The van der Waals surface area contributed by atoms with Gasteiger partial charge in [-0.05, 0) is 13.8 Å². The number of carbonyl (C=O) groups excluding carboxylic acids is 1. The number of alkyl halides is 1. The molecule has 0 aliphatic carbocycles. The van der Waals surface area contributed by atoms with Crippen LogP contribution in [0.15, 0.2) is 18.5 Å². The summed E-state index contributed by atoms with van der Waals surface area (Å²) in [6.07, 6.45) is -1.69. The molecule has 3 aromatic rings. The van der Waals surface area contributed by atoms with E-state index in [4.69, 9.17) is 14.2 Å². The van der Waals surface area contributed by atoms with Gasteiger partial charge in [0.05, 0.1) is 30.8 Å². The number of imidazole rings is 1. The van der Waals surface area contributed by atoms with Crippen LogP contribution in [0.1, 0.15) is 31.3 Å². The lowest BCUT2D eigenvalue weighted by Gasteiger charge is -2.16. The normalized spacial score (nSPS) is 20.8. The lowest BCUT2D eigenvalue weighted by Crippen LogP contribution is -2.36. The molecule has 172 valence electrons. The molecule has 1 fully saturated rings. The molecular weight excluding hydrogens is 428 g/mol. The van der Waals surface area contributed by atoms with E-state index >= 15 is 0 Å². The van der Waals surface area contributed by atoms with E-state index in [1.54, 1.807) is 20.0 Å². The molecule has 0 saturated carbocycles. The number of H-pyrrole nitrogens is 1. The third kappa shape index (κ3) is 4.48. The maximum atomic E-state index is 14.8. The predicted octanol–water partition coefficient (Wildman–Crippen LogP) is 2.39. The minimum absolute atomic E-state index is 0.0768. The van der Waals surface area contributed by atoms with Crippen LogP contribution >= 0.6 is 0 Å². The summed E-state index contributed by atoms with van der Waals surface area (Å²) in [4.78, 5) is 20.0. The quantitative estimate of drug-likeness (QED) is 0.500. The summed E-state index contributed by atoms with van der Waals surface area (Å²) < 4.78 is 45.9. The molecule has 3 atom stereocenters. The minimum atomic E-state index is -1.58. The Bertz CT molecular complexity index is 1100. The number of carbonyl (C=O) groups is 1. The van der Waals surface area contributed by atoms with E-state index in [1.165, 1.54) is 17.6 Å². The molecule has 0 aromatic carbocycles. The maximum absolute atomic E-state index is 14.8. The molecule has 3 N–H and O–H groups in total.